The molecule has 0 bridgehead atoms. The molecule has 0 radical (unpaired) electrons. The lowest BCUT2D eigenvalue weighted by atomic mass is 10.1. The quantitative estimate of drug-likeness (QED) is 0.769. The zero-order valence-corrected chi connectivity index (χ0v) is 13.8. The zero-order valence-electron chi connectivity index (χ0n) is 13.8. The second-order valence-electron chi connectivity index (χ2n) is 5.71. The Balaban J connectivity index is 1.66. The van der Waals surface area contributed by atoms with Gasteiger partial charge in [-0.1, -0.05) is 30.3 Å². The number of rotatable bonds is 4. The lowest BCUT2D eigenvalue weighted by molar-refractivity contribution is 0.0935. The van der Waals surface area contributed by atoms with Crippen LogP contribution in [-0.4, -0.2) is 22.3 Å². The maximum atomic E-state index is 12.5. The standard InChI is InChI=1S/C19H18N4O2/c1-2-25-15-10-8-13(9-11-15)17-21-18-16(19(24)22-17)12-20-23(18)14-6-4-3-5-7-14/h3-12,17,21H,2H2,1H3,(H,22,24)/t17-/m1/s1. The molecule has 3 aromatic rings. The minimum atomic E-state index is -0.324. The van der Waals surface area contributed by atoms with Crippen LogP contribution in [0.4, 0.5) is 5.82 Å². The summed E-state index contributed by atoms with van der Waals surface area (Å²) < 4.78 is 7.21. The van der Waals surface area contributed by atoms with Gasteiger partial charge in [-0.3, -0.25) is 4.79 Å². The Labute approximate surface area is 145 Å². The second kappa shape index (κ2) is 6.32. The number of anilines is 1. The topological polar surface area (TPSA) is 68.2 Å². The number of ether oxygens (including phenoxy) is 1. The van der Waals surface area contributed by atoms with Crippen LogP contribution in [-0.2, 0) is 0 Å². The van der Waals surface area contributed by atoms with E-state index < -0.39 is 0 Å². The minimum absolute atomic E-state index is 0.144. The number of para-hydroxylation sites is 1. The maximum Gasteiger partial charge on any atom is 0.258 e. The summed E-state index contributed by atoms with van der Waals surface area (Å²) in [6.07, 6.45) is 1.26. The molecule has 126 valence electrons. The highest BCUT2D eigenvalue weighted by molar-refractivity contribution is 6.01. The average Bonchev–Trinajstić information content (AvgIpc) is 3.08. The lowest BCUT2D eigenvalue weighted by Gasteiger charge is -2.27. The van der Waals surface area contributed by atoms with E-state index in [0.29, 0.717) is 18.0 Å². The first-order valence-corrected chi connectivity index (χ1v) is 8.20. The fourth-order valence-electron chi connectivity index (χ4n) is 2.89. The van der Waals surface area contributed by atoms with Gasteiger partial charge < -0.3 is 15.4 Å². The van der Waals surface area contributed by atoms with Crippen LogP contribution in [0.5, 0.6) is 5.75 Å². The molecule has 4 rings (SSSR count). The summed E-state index contributed by atoms with van der Waals surface area (Å²) in [5.41, 5.74) is 2.38. The third kappa shape index (κ3) is 2.82. The first kappa shape index (κ1) is 15.3. The van der Waals surface area contributed by atoms with E-state index in [-0.39, 0.29) is 12.1 Å². The number of hydrogen-bond donors (Lipinski definition) is 2. The van der Waals surface area contributed by atoms with Crippen LogP contribution < -0.4 is 15.4 Å². The molecular formula is C19H18N4O2. The predicted molar refractivity (Wildman–Crippen MR) is 95.0 cm³/mol. The van der Waals surface area contributed by atoms with Gasteiger partial charge in [0.1, 0.15) is 23.3 Å². The Morgan fingerprint density at radius 3 is 2.56 bits per heavy atom. The number of hydrogen-bond acceptors (Lipinski definition) is 4. The largest absolute Gasteiger partial charge is 0.494 e. The van der Waals surface area contributed by atoms with Crippen molar-refractivity contribution in [3.05, 3.63) is 71.9 Å². The number of nitrogens with zero attached hydrogens (tertiary/aromatic N) is 2. The molecule has 0 fully saturated rings. The molecule has 0 saturated heterocycles. The van der Waals surface area contributed by atoms with Crippen molar-refractivity contribution in [1.29, 1.82) is 0 Å². The highest BCUT2D eigenvalue weighted by Gasteiger charge is 2.28. The van der Waals surface area contributed by atoms with Gasteiger partial charge in [-0.15, -0.1) is 0 Å². The van der Waals surface area contributed by atoms with E-state index in [1.165, 1.54) is 0 Å². The normalized spacial score (nSPS) is 15.9. The molecule has 1 aliphatic heterocycles. The van der Waals surface area contributed by atoms with E-state index in [4.69, 9.17) is 4.74 Å². The van der Waals surface area contributed by atoms with Crippen molar-refractivity contribution < 1.29 is 9.53 Å². The smallest absolute Gasteiger partial charge is 0.258 e. The van der Waals surface area contributed by atoms with Crippen LogP contribution in [0.3, 0.4) is 0 Å². The highest BCUT2D eigenvalue weighted by Crippen LogP contribution is 2.29. The SMILES string of the molecule is CCOc1ccc([C@H]2NC(=O)c3cnn(-c4ccccc4)c3N2)cc1. The van der Waals surface area contributed by atoms with Crippen molar-refractivity contribution in [2.75, 3.05) is 11.9 Å². The van der Waals surface area contributed by atoms with Gasteiger partial charge in [0, 0.05) is 0 Å². The van der Waals surface area contributed by atoms with E-state index in [9.17, 15) is 4.79 Å². The summed E-state index contributed by atoms with van der Waals surface area (Å²) >= 11 is 0. The van der Waals surface area contributed by atoms with Gasteiger partial charge in [0.2, 0.25) is 0 Å². The van der Waals surface area contributed by atoms with Crippen LogP contribution in [0.2, 0.25) is 0 Å². The van der Waals surface area contributed by atoms with Gasteiger partial charge in [-0.25, -0.2) is 4.68 Å². The number of amides is 1. The molecule has 0 aliphatic carbocycles. The summed E-state index contributed by atoms with van der Waals surface area (Å²) in [6.45, 7) is 2.57. The van der Waals surface area contributed by atoms with Crippen molar-refractivity contribution in [3.63, 3.8) is 0 Å². The molecular weight excluding hydrogens is 316 g/mol. The number of fused-ring (bicyclic) bond motifs is 1. The molecule has 2 N–H and O–H groups in total. The van der Waals surface area contributed by atoms with Crippen molar-refractivity contribution in [3.8, 4) is 11.4 Å². The summed E-state index contributed by atoms with van der Waals surface area (Å²) in [4.78, 5) is 12.5. The number of carbonyl (C=O) groups is 1. The molecule has 0 spiro atoms. The molecule has 6 nitrogen and oxygen atoms in total. The van der Waals surface area contributed by atoms with Gasteiger partial charge >= 0.3 is 0 Å². The first-order chi connectivity index (χ1) is 12.3. The van der Waals surface area contributed by atoms with Crippen molar-refractivity contribution >= 4 is 11.7 Å². The Hall–Kier alpha value is -3.28. The van der Waals surface area contributed by atoms with E-state index in [1.807, 2.05) is 61.5 Å². The maximum absolute atomic E-state index is 12.5. The van der Waals surface area contributed by atoms with Crippen LogP contribution in [0.25, 0.3) is 5.69 Å². The second-order valence-corrected chi connectivity index (χ2v) is 5.71. The number of aromatic nitrogens is 2. The van der Waals surface area contributed by atoms with Gasteiger partial charge in [-0.05, 0) is 36.8 Å². The molecule has 2 heterocycles. The fourth-order valence-corrected chi connectivity index (χ4v) is 2.89. The Morgan fingerprint density at radius 2 is 1.84 bits per heavy atom. The van der Waals surface area contributed by atoms with E-state index in [0.717, 1.165) is 17.0 Å². The summed E-state index contributed by atoms with van der Waals surface area (Å²) in [5.74, 6) is 1.35. The van der Waals surface area contributed by atoms with E-state index in [2.05, 4.69) is 15.7 Å². The summed E-state index contributed by atoms with van der Waals surface area (Å²) in [7, 11) is 0. The Bertz CT molecular complexity index is 888. The van der Waals surface area contributed by atoms with E-state index in [1.54, 1.807) is 10.9 Å². The van der Waals surface area contributed by atoms with Crippen LogP contribution in [0, 0.1) is 0 Å². The summed E-state index contributed by atoms with van der Waals surface area (Å²) in [5, 5.41) is 10.7. The molecule has 2 aromatic carbocycles. The van der Waals surface area contributed by atoms with Crippen LogP contribution in [0.15, 0.2) is 60.8 Å². The summed E-state index contributed by atoms with van der Waals surface area (Å²) in [6, 6.07) is 17.4. The molecule has 1 aromatic heterocycles. The first-order valence-electron chi connectivity index (χ1n) is 8.20. The number of benzene rings is 2. The molecule has 0 saturated carbocycles. The Morgan fingerprint density at radius 1 is 1.08 bits per heavy atom. The molecule has 25 heavy (non-hydrogen) atoms. The van der Waals surface area contributed by atoms with Crippen LogP contribution >= 0.6 is 0 Å². The molecule has 0 unspecified atom stereocenters. The molecule has 1 amide bonds. The van der Waals surface area contributed by atoms with E-state index >= 15 is 0 Å². The lowest BCUT2D eigenvalue weighted by Crippen LogP contribution is -2.38. The Kier molecular flexibility index (Phi) is 3.85. The van der Waals surface area contributed by atoms with Crippen molar-refractivity contribution in [2.45, 2.75) is 13.1 Å². The molecule has 1 aliphatic rings. The number of nitrogens with one attached hydrogen (secondary N) is 2. The van der Waals surface area contributed by atoms with Gasteiger partial charge in [0.25, 0.3) is 5.91 Å². The van der Waals surface area contributed by atoms with Crippen molar-refractivity contribution in [1.82, 2.24) is 15.1 Å². The number of carbonyl (C=O) groups excluding carboxylic acids is 1. The van der Waals surface area contributed by atoms with Crippen LogP contribution in [0.1, 0.15) is 29.0 Å². The monoisotopic (exact) mass is 334 g/mol. The van der Waals surface area contributed by atoms with Gasteiger partial charge in [0.05, 0.1) is 18.5 Å². The molecule has 1 atom stereocenters. The highest BCUT2D eigenvalue weighted by atomic mass is 16.5. The third-order valence-electron chi connectivity index (χ3n) is 4.10. The van der Waals surface area contributed by atoms with Gasteiger partial charge in [0.15, 0.2) is 0 Å². The minimum Gasteiger partial charge on any atom is -0.494 e. The average molecular weight is 334 g/mol. The van der Waals surface area contributed by atoms with Gasteiger partial charge in [-0.2, -0.15) is 5.10 Å². The van der Waals surface area contributed by atoms with Crippen molar-refractivity contribution in [2.24, 2.45) is 0 Å². The fraction of sp³-hybridized carbons (Fsp3) is 0.158. The molecule has 6 heteroatoms. The predicted octanol–water partition coefficient (Wildman–Crippen LogP) is 3.13. The third-order valence-corrected chi connectivity index (χ3v) is 4.10. The zero-order chi connectivity index (χ0) is 17.2.